The second kappa shape index (κ2) is 6.23. The van der Waals surface area contributed by atoms with E-state index in [9.17, 15) is 0 Å². The van der Waals surface area contributed by atoms with Gasteiger partial charge in [-0.3, -0.25) is 4.68 Å². The van der Waals surface area contributed by atoms with Crippen molar-refractivity contribution < 1.29 is 0 Å². The van der Waals surface area contributed by atoms with Crippen LogP contribution in [0.4, 0.5) is 0 Å². The Labute approximate surface area is 94.8 Å². The van der Waals surface area contributed by atoms with Gasteiger partial charge in [-0.05, 0) is 30.7 Å². The molecule has 0 amide bonds. The molecule has 0 aliphatic heterocycles. The normalized spacial score (nSPS) is 11.1. The Hall–Kier alpha value is -0.310. The molecule has 0 saturated carbocycles. The Balaban J connectivity index is 2.35. The Morgan fingerprint density at radius 1 is 1.50 bits per heavy atom. The van der Waals surface area contributed by atoms with Gasteiger partial charge in [0, 0.05) is 18.1 Å². The SMILES string of the molecule is CC(C)CCn1cc(CCCBr)cn1. The summed E-state index contributed by atoms with van der Waals surface area (Å²) in [6.07, 6.45) is 7.69. The predicted octanol–water partition coefficient (Wildman–Crippen LogP) is 3.26. The third-order valence-electron chi connectivity index (χ3n) is 2.22. The van der Waals surface area contributed by atoms with Gasteiger partial charge >= 0.3 is 0 Å². The maximum atomic E-state index is 4.34. The van der Waals surface area contributed by atoms with E-state index >= 15 is 0 Å². The molecule has 0 unspecified atom stereocenters. The average Bonchev–Trinajstić information content (AvgIpc) is 2.59. The van der Waals surface area contributed by atoms with Crippen LogP contribution in [0.15, 0.2) is 12.4 Å². The first-order valence-corrected chi connectivity index (χ1v) is 6.42. The summed E-state index contributed by atoms with van der Waals surface area (Å²) in [5, 5.41) is 5.42. The van der Waals surface area contributed by atoms with Crippen molar-refractivity contribution in [3.05, 3.63) is 18.0 Å². The first kappa shape index (κ1) is 11.8. The topological polar surface area (TPSA) is 17.8 Å². The van der Waals surface area contributed by atoms with Gasteiger partial charge in [0.25, 0.3) is 0 Å². The summed E-state index contributed by atoms with van der Waals surface area (Å²) in [6, 6.07) is 0. The quantitative estimate of drug-likeness (QED) is 0.717. The van der Waals surface area contributed by atoms with E-state index < -0.39 is 0 Å². The molecule has 1 rings (SSSR count). The van der Waals surface area contributed by atoms with E-state index in [0.29, 0.717) is 0 Å². The maximum absolute atomic E-state index is 4.34. The third-order valence-corrected chi connectivity index (χ3v) is 2.78. The fourth-order valence-electron chi connectivity index (χ4n) is 1.32. The second-order valence-electron chi connectivity index (χ2n) is 4.09. The smallest absolute Gasteiger partial charge is 0.0521 e. The molecule has 0 atom stereocenters. The lowest BCUT2D eigenvalue weighted by molar-refractivity contribution is 0.487. The molecule has 0 aliphatic carbocycles. The summed E-state index contributed by atoms with van der Waals surface area (Å²) < 4.78 is 2.06. The van der Waals surface area contributed by atoms with E-state index in [1.54, 1.807) is 0 Å². The highest BCUT2D eigenvalue weighted by molar-refractivity contribution is 9.09. The molecule has 0 bridgehead atoms. The molecular weight excluding hydrogens is 240 g/mol. The van der Waals surface area contributed by atoms with Crippen molar-refractivity contribution in [3.63, 3.8) is 0 Å². The number of aryl methyl sites for hydroxylation is 2. The number of hydrogen-bond donors (Lipinski definition) is 0. The molecular formula is C11H19BrN2. The minimum Gasteiger partial charge on any atom is -0.272 e. The molecule has 1 aromatic heterocycles. The zero-order valence-corrected chi connectivity index (χ0v) is 10.6. The van der Waals surface area contributed by atoms with Gasteiger partial charge in [0.15, 0.2) is 0 Å². The lowest BCUT2D eigenvalue weighted by Gasteiger charge is -2.03. The van der Waals surface area contributed by atoms with Gasteiger partial charge in [-0.15, -0.1) is 0 Å². The molecule has 0 spiro atoms. The molecule has 0 aromatic carbocycles. The van der Waals surface area contributed by atoms with E-state index in [0.717, 1.165) is 24.2 Å². The first-order chi connectivity index (χ1) is 6.72. The summed E-state index contributed by atoms with van der Waals surface area (Å²) in [5.74, 6) is 0.755. The van der Waals surface area contributed by atoms with Crippen LogP contribution in [0.5, 0.6) is 0 Å². The monoisotopic (exact) mass is 258 g/mol. The van der Waals surface area contributed by atoms with E-state index in [4.69, 9.17) is 0 Å². The molecule has 14 heavy (non-hydrogen) atoms. The lowest BCUT2D eigenvalue weighted by Crippen LogP contribution is -2.01. The minimum atomic E-state index is 0.755. The van der Waals surface area contributed by atoms with Gasteiger partial charge in [0.2, 0.25) is 0 Å². The minimum absolute atomic E-state index is 0.755. The van der Waals surface area contributed by atoms with Crippen LogP contribution in [0.3, 0.4) is 0 Å². The summed E-state index contributed by atoms with van der Waals surface area (Å²) in [7, 11) is 0. The summed E-state index contributed by atoms with van der Waals surface area (Å²) in [4.78, 5) is 0. The number of nitrogens with zero attached hydrogens (tertiary/aromatic N) is 2. The molecule has 80 valence electrons. The van der Waals surface area contributed by atoms with Gasteiger partial charge in [-0.2, -0.15) is 5.10 Å². The number of hydrogen-bond acceptors (Lipinski definition) is 1. The molecule has 3 heteroatoms. The van der Waals surface area contributed by atoms with Crippen LogP contribution in [-0.2, 0) is 13.0 Å². The van der Waals surface area contributed by atoms with Crippen LogP contribution in [-0.4, -0.2) is 15.1 Å². The highest BCUT2D eigenvalue weighted by atomic mass is 79.9. The Bertz CT molecular complexity index is 256. The highest BCUT2D eigenvalue weighted by Crippen LogP contribution is 2.06. The molecule has 1 aromatic rings. The number of alkyl halides is 1. The van der Waals surface area contributed by atoms with Gasteiger partial charge in [0.05, 0.1) is 6.20 Å². The van der Waals surface area contributed by atoms with Crippen molar-refractivity contribution in [1.29, 1.82) is 0 Å². The van der Waals surface area contributed by atoms with E-state index in [-0.39, 0.29) is 0 Å². The Kier molecular flexibility index (Phi) is 5.23. The second-order valence-corrected chi connectivity index (χ2v) is 4.88. The molecule has 1 heterocycles. The van der Waals surface area contributed by atoms with Gasteiger partial charge in [0.1, 0.15) is 0 Å². The molecule has 0 aliphatic rings. The first-order valence-electron chi connectivity index (χ1n) is 5.29. The van der Waals surface area contributed by atoms with E-state index in [1.807, 2.05) is 6.20 Å². The van der Waals surface area contributed by atoms with Crippen molar-refractivity contribution in [2.24, 2.45) is 5.92 Å². The van der Waals surface area contributed by atoms with E-state index in [1.165, 1.54) is 18.4 Å². The molecule has 0 radical (unpaired) electrons. The van der Waals surface area contributed by atoms with Crippen LogP contribution < -0.4 is 0 Å². The Morgan fingerprint density at radius 2 is 2.29 bits per heavy atom. The molecule has 2 nitrogen and oxygen atoms in total. The largest absolute Gasteiger partial charge is 0.272 e. The van der Waals surface area contributed by atoms with E-state index in [2.05, 4.69) is 45.8 Å². The average molecular weight is 259 g/mol. The Morgan fingerprint density at radius 3 is 2.93 bits per heavy atom. The highest BCUT2D eigenvalue weighted by Gasteiger charge is 1.99. The standard InChI is InChI=1S/C11H19BrN2/c1-10(2)5-7-14-9-11(8-13-14)4-3-6-12/h8-10H,3-7H2,1-2H3. The number of rotatable bonds is 6. The zero-order valence-electron chi connectivity index (χ0n) is 9.04. The molecule has 0 fully saturated rings. The van der Waals surface area contributed by atoms with Crippen molar-refractivity contribution in [1.82, 2.24) is 9.78 Å². The summed E-state index contributed by atoms with van der Waals surface area (Å²) >= 11 is 3.44. The van der Waals surface area contributed by atoms with Gasteiger partial charge < -0.3 is 0 Å². The lowest BCUT2D eigenvalue weighted by atomic mass is 10.1. The van der Waals surface area contributed by atoms with Gasteiger partial charge in [-0.25, -0.2) is 0 Å². The summed E-state index contributed by atoms with van der Waals surface area (Å²) in [5.41, 5.74) is 1.35. The third kappa shape index (κ3) is 4.27. The summed E-state index contributed by atoms with van der Waals surface area (Å²) in [6.45, 7) is 5.54. The zero-order chi connectivity index (χ0) is 10.4. The van der Waals surface area contributed by atoms with Crippen LogP contribution in [0.2, 0.25) is 0 Å². The van der Waals surface area contributed by atoms with Crippen molar-refractivity contribution in [2.45, 2.75) is 39.7 Å². The number of aromatic nitrogens is 2. The van der Waals surface area contributed by atoms with Crippen molar-refractivity contribution >= 4 is 15.9 Å². The molecule has 0 N–H and O–H groups in total. The van der Waals surface area contributed by atoms with Gasteiger partial charge in [-0.1, -0.05) is 29.8 Å². The van der Waals surface area contributed by atoms with Crippen LogP contribution in [0.25, 0.3) is 0 Å². The van der Waals surface area contributed by atoms with Crippen molar-refractivity contribution in [3.8, 4) is 0 Å². The molecule has 0 saturated heterocycles. The number of halogens is 1. The predicted molar refractivity (Wildman–Crippen MR) is 63.8 cm³/mol. The van der Waals surface area contributed by atoms with Crippen molar-refractivity contribution in [2.75, 3.05) is 5.33 Å². The van der Waals surface area contributed by atoms with Crippen LogP contribution in [0.1, 0.15) is 32.3 Å². The fraction of sp³-hybridized carbons (Fsp3) is 0.727. The maximum Gasteiger partial charge on any atom is 0.0521 e. The fourth-order valence-corrected chi connectivity index (χ4v) is 1.60. The van der Waals surface area contributed by atoms with Crippen LogP contribution in [0, 0.1) is 5.92 Å². The van der Waals surface area contributed by atoms with Crippen LogP contribution >= 0.6 is 15.9 Å².